The van der Waals surface area contributed by atoms with Gasteiger partial charge in [-0.3, -0.25) is 9.59 Å². The molecule has 53 heavy (non-hydrogen) atoms. The predicted molar refractivity (Wildman–Crippen MR) is 214 cm³/mol. The number of fused-ring (bicyclic) bond motifs is 10. The van der Waals surface area contributed by atoms with Crippen LogP contribution < -0.4 is 17.0 Å². The largest absolute Gasteiger partial charge is 2.00 e. The quantitative estimate of drug-likeness (QED) is 0.100. The molecule has 8 rings (SSSR count). The summed E-state index contributed by atoms with van der Waals surface area (Å²) >= 11 is 0. The van der Waals surface area contributed by atoms with E-state index in [0.29, 0.717) is 22.5 Å². The van der Waals surface area contributed by atoms with Gasteiger partial charge in [-0.2, -0.15) is 0 Å². The average Bonchev–Trinajstić information content (AvgIpc) is 3.56. The average molecular weight is 806 g/mol. The number of hydrogen-bond acceptors (Lipinski definition) is 4. The molecule has 0 radical (unpaired) electrons. The molecule has 0 aromatic rings. The van der Waals surface area contributed by atoms with Crippen molar-refractivity contribution in [2.45, 2.75) is 171 Å². The number of hydrogen-bond donors (Lipinski definition) is 1. The summed E-state index contributed by atoms with van der Waals surface area (Å²) in [6, 6.07) is 0. The number of allylic oxidation sites excluding steroid dienone is 5. The van der Waals surface area contributed by atoms with E-state index in [4.69, 9.17) is 4.74 Å². The SMILES string of the molecule is CC(=O)O/C(C)=C1\CCC2C3CC=C4C[C@@H](C)CC[C@]4(C)C3CC[C@]12C.CC(=O)[C@@]1(C)CCC2C3CC=C4C[C@@H](O)CC[C@]4(C)C3CC[C@@]21C.[Br-].[CH3-].[Mg+2]. The molecule has 4 nitrogen and oxygen atoms in total. The van der Waals surface area contributed by atoms with Crippen LogP contribution in [0, 0.1) is 75.9 Å². The maximum atomic E-state index is 12.5. The fourth-order valence-electron chi connectivity index (χ4n) is 15.0. The van der Waals surface area contributed by atoms with E-state index in [9.17, 15) is 14.7 Å². The molecule has 1 N–H and O–H groups in total. The number of carbonyl (C=O) groups is 2. The van der Waals surface area contributed by atoms with E-state index in [-0.39, 0.29) is 75.8 Å². The number of Topliss-reactive ketones (excluding diaryl/α,β-unsaturated/α-hetero) is 1. The zero-order valence-corrected chi connectivity index (χ0v) is 38.3. The van der Waals surface area contributed by atoms with Crippen LogP contribution in [0.3, 0.4) is 0 Å². The number of ketones is 1. The van der Waals surface area contributed by atoms with Crippen LogP contribution in [-0.4, -0.2) is 46.0 Å². The Hall–Kier alpha value is -0.434. The van der Waals surface area contributed by atoms with E-state index in [1.165, 1.54) is 83.1 Å². The van der Waals surface area contributed by atoms with Gasteiger partial charge >= 0.3 is 29.0 Å². The second-order valence-electron chi connectivity index (χ2n) is 20.3. The van der Waals surface area contributed by atoms with Crippen LogP contribution >= 0.6 is 0 Å². The van der Waals surface area contributed by atoms with Crippen LogP contribution in [0.2, 0.25) is 0 Å². The number of carbonyl (C=O) groups excluding carboxylic acids is 2. The molecule has 8 aliphatic rings. The van der Waals surface area contributed by atoms with Crippen LogP contribution in [0.4, 0.5) is 0 Å². The van der Waals surface area contributed by atoms with Gasteiger partial charge in [0.25, 0.3) is 0 Å². The zero-order chi connectivity index (χ0) is 36.0. The summed E-state index contributed by atoms with van der Waals surface area (Å²) in [5, 5.41) is 10.1. The van der Waals surface area contributed by atoms with Gasteiger partial charge in [-0.15, -0.1) is 0 Å². The number of aliphatic hydroxyl groups excluding tert-OH is 1. The fraction of sp³-hybridized carbons (Fsp3) is 0.809. The predicted octanol–water partition coefficient (Wildman–Crippen LogP) is 8.40. The molecular weight excluding hydrogens is 733 g/mol. The van der Waals surface area contributed by atoms with Crippen molar-refractivity contribution in [1.82, 2.24) is 0 Å². The van der Waals surface area contributed by atoms with Crippen molar-refractivity contribution in [3.63, 3.8) is 0 Å². The molecule has 8 aliphatic carbocycles. The van der Waals surface area contributed by atoms with E-state index in [2.05, 4.69) is 53.7 Å². The molecule has 0 aliphatic heterocycles. The van der Waals surface area contributed by atoms with Gasteiger partial charge in [-0.05, 0) is 185 Å². The second kappa shape index (κ2) is 16.1. The van der Waals surface area contributed by atoms with Gasteiger partial charge in [0.1, 0.15) is 11.5 Å². The topological polar surface area (TPSA) is 63.6 Å². The fourth-order valence-corrected chi connectivity index (χ4v) is 15.0. The Bertz CT molecular complexity index is 1500. The number of ether oxygens (including phenoxy) is 1. The van der Waals surface area contributed by atoms with Crippen molar-refractivity contribution in [1.29, 1.82) is 0 Å². The minimum absolute atomic E-state index is 0. The molecule has 6 saturated carbocycles. The van der Waals surface area contributed by atoms with Crippen molar-refractivity contribution in [2.75, 3.05) is 0 Å². The Balaban J connectivity index is 0.000000225. The number of rotatable bonds is 2. The number of esters is 1. The van der Waals surface area contributed by atoms with Crippen molar-refractivity contribution in [3.8, 4) is 0 Å². The molecule has 13 atom stereocenters. The molecule has 0 bridgehead atoms. The summed E-state index contributed by atoms with van der Waals surface area (Å²) in [6.45, 7) is 20.0. The normalized spacial score (nSPS) is 47.1. The first kappa shape index (κ1) is 45.3. The van der Waals surface area contributed by atoms with Gasteiger partial charge in [0, 0.05) is 12.3 Å². The summed E-state index contributed by atoms with van der Waals surface area (Å²) in [5.74, 6) is 6.64. The van der Waals surface area contributed by atoms with Crippen molar-refractivity contribution in [2.24, 2.45) is 68.5 Å². The third-order valence-electron chi connectivity index (χ3n) is 18.3. The number of aliphatic hydroxyl groups is 1. The molecule has 0 aromatic heterocycles. The molecule has 0 aromatic carbocycles. The Labute approximate surface area is 350 Å². The maximum absolute atomic E-state index is 12.5. The van der Waals surface area contributed by atoms with Gasteiger partial charge in [0.15, 0.2) is 0 Å². The van der Waals surface area contributed by atoms with Crippen molar-refractivity contribution in [3.05, 3.63) is 42.1 Å². The van der Waals surface area contributed by atoms with Crippen LogP contribution in [0.15, 0.2) is 34.6 Å². The van der Waals surface area contributed by atoms with Gasteiger partial charge in [0.2, 0.25) is 0 Å². The minimum atomic E-state index is -0.176. The molecule has 6 heteroatoms. The first-order valence-electron chi connectivity index (χ1n) is 20.9. The molecule has 6 unspecified atom stereocenters. The number of halogens is 1. The molecule has 0 spiro atoms. The Morgan fingerprint density at radius 3 is 1.81 bits per heavy atom. The van der Waals surface area contributed by atoms with E-state index in [0.717, 1.165) is 73.4 Å². The monoisotopic (exact) mass is 804 g/mol. The summed E-state index contributed by atoms with van der Waals surface area (Å²) in [4.78, 5) is 23.9. The van der Waals surface area contributed by atoms with E-state index in [1.54, 1.807) is 11.1 Å². The minimum Gasteiger partial charge on any atom is -1.00 e. The molecular formula is C47H73BrMgO4. The Morgan fingerprint density at radius 2 is 1.21 bits per heavy atom. The summed E-state index contributed by atoms with van der Waals surface area (Å²) < 4.78 is 5.53. The van der Waals surface area contributed by atoms with Gasteiger partial charge in [-0.1, -0.05) is 64.8 Å². The molecule has 0 amide bonds. The van der Waals surface area contributed by atoms with Gasteiger partial charge < -0.3 is 34.3 Å². The van der Waals surface area contributed by atoms with E-state index >= 15 is 0 Å². The summed E-state index contributed by atoms with van der Waals surface area (Å²) in [7, 11) is 0. The van der Waals surface area contributed by atoms with Crippen LogP contribution in [-0.2, 0) is 14.3 Å². The van der Waals surface area contributed by atoms with Crippen LogP contribution in [0.25, 0.3) is 0 Å². The van der Waals surface area contributed by atoms with Crippen molar-refractivity contribution < 1.29 is 36.4 Å². The molecule has 294 valence electrons. The van der Waals surface area contributed by atoms with Crippen LogP contribution in [0.5, 0.6) is 0 Å². The molecule has 0 saturated heterocycles. The van der Waals surface area contributed by atoms with Crippen molar-refractivity contribution >= 4 is 34.8 Å². The third-order valence-corrected chi connectivity index (χ3v) is 18.3. The summed E-state index contributed by atoms with van der Waals surface area (Å²) in [5.41, 5.74) is 5.83. The van der Waals surface area contributed by atoms with E-state index < -0.39 is 0 Å². The smallest absolute Gasteiger partial charge is 1.00 e. The summed E-state index contributed by atoms with van der Waals surface area (Å²) in [6.07, 6.45) is 24.4. The second-order valence-corrected chi connectivity index (χ2v) is 20.3. The maximum Gasteiger partial charge on any atom is 2.00 e. The van der Waals surface area contributed by atoms with Gasteiger partial charge in [-0.25, -0.2) is 0 Å². The Morgan fingerprint density at radius 1 is 0.698 bits per heavy atom. The van der Waals surface area contributed by atoms with E-state index in [1.807, 2.05) is 13.8 Å². The first-order valence-corrected chi connectivity index (χ1v) is 20.9. The molecule has 0 heterocycles. The molecule has 6 fully saturated rings. The first-order chi connectivity index (χ1) is 23.5. The van der Waals surface area contributed by atoms with Gasteiger partial charge in [0.05, 0.1) is 6.10 Å². The van der Waals surface area contributed by atoms with Crippen LogP contribution in [0.1, 0.15) is 165 Å². The Kier molecular flexibility index (Phi) is 13.7. The third kappa shape index (κ3) is 7.10. The standard InChI is InChI=1S/C24H36O2.C22H34O2.CH3.BrH.Mg/c1-15-10-12-23(4)18(14-15)6-7-19-21-9-8-20(16(2)26-17(3)25)24(21,5)13-11-22(19)23;1-14(23)21(3)11-9-19-17-6-5-15-13-16(24)7-10-20(15,2)18(17)8-12-22(19,21)4;;;/h6,15,19,21-22H,7-14H2,1-5H3;5,16-19,24H,6-13H2,1-4H3;1H3;1H;/q;;-1;;+2/p-1/b20-16+;;;;/t15-,19?,21?,22?,23-,24+;16-,17?,18?,19?,20-,21+,22-;;;/m00.../s1. The zero-order valence-electron chi connectivity index (χ0n) is 35.3.